The number of nitro groups is 1. The number of hydrogen-bond donors (Lipinski definition) is 2. The van der Waals surface area contributed by atoms with Crippen LogP contribution in [0.5, 0.6) is 0 Å². The minimum atomic E-state index is -0.516. The molecule has 10 nitrogen and oxygen atoms in total. The van der Waals surface area contributed by atoms with Crippen LogP contribution in [0.4, 0.5) is 17.4 Å². The standard InChI is InChI=1S/C19H15N5O5/c1-2-4-16(25)20-14-6-3-5-13(11-14)17(26)21-19-23-22-18(29-19)12-7-9-15(10-8-12)24(27)28/h2-11H,1H3,(H,20,25)(H,21,23,26)/b4-2+. The molecule has 0 aliphatic carbocycles. The first-order valence-corrected chi connectivity index (χ1v) is 8.39. The van der Waals surface area contributed by atoms with Gasteiger partial charge in [0.25, 0.3) is 11.6 Å². The normalized spacial score (nSPS) is 10.7. The van der Waals surface area contributed by atoms with E-state index in [2.05, 4.69) is 20.8 Å². The summed E-state index contributed by atoms with van der Waals surface area (Å²) in [5.74, 6) is -0.719. The van der Waals surface area contributed by atoms with Gasteiger partial charge in [0.15, 0.2) is 0 Å². The van der Waals surface area contributed by atoms with Crippen LogP contribution in [0.25, 0.3) is 11.5 Å². The number of hydrogen-bond acceptors (Lipinski definition) is 7. The maximum Gasteiger partial charge on any atom is 0.322 e. The van der Waals surface area contributed by atoms with Crippen molar-refractivity contribution in [3.63, 3.8) is 0 Å². The van der Waals surface area contributed by atoms with Gasteiger partial charge in [-0.15, -0.1) is 5.10 Å². The second-order valence-corrected chi connectivity index (χ2v) is 5.74. The highest BCUT2D eigenvalue weighted by Gasteiger charge is 2.14. The highest BCUT2D eigenvalue weighted by molar-refractivity contribution is 6.05. The molecular weight excluding hydrogens is 378 g/mol. The van der Waals surface area contributed by atoms with Crippen molar-refractivity contribution in [1.29, 1.82) is 0 Å². The molecule has 1 aromatic heterocycles. The van der Waals surface area contributed by atoms with Gasteiger partial charge in [0.05, 0.1) is 4.92 Å². The lowest BCUT2D eigenvalue weighted by molar-refractivity contribution is -0.384. The summed E-state index contributed by atoms with van der Waals surface area (Å²) in [6.45, 7) is 1.72. The van der Waals surface area contributed by atoms with E-state index in [0.717, 1.165) is 0 Å². The van der Waals surface area contributed by atoms with E-state index in [9.17, 15) is 19.7 Å². The Bertz CT molecular complexity index is 1090. The van der Waals surface area contributed by atoms with Gasteiger partial charge in [0.1, 0.15) is 0 Å². The van der Waals surface area contributed by atoms with Gasteiger partial charge in [-0.25, -0.2) is 0 Å². The number of benzene rings is 2. The second kappa shape index (κ2) is 8.57. The molecule has 0 spiro atoms. The van der Waals surface area contributed by atoms with Gasteiger partial charge in [-0.3, -0.25) is 25.0 Å². The molecule has 0 unspecified atom stereocenters. The number of rotatable bonds is 6. The van der Waals surface area contributed by atoms with Gasteiger partial charge in [-0.2, -0.15) is 0 Å². The first kappa shape index (κ1) is 19.4. The van der Waals surface area contributed by atoms with Crippen LogP contribution in [-0.2, 0) is 4.79 Å². The zero-order chi connectivity index (χ0) is 20.8. The Balaban J connectivity index is 1.70. The van der Waals surface area contributed by atoms with Crippen LogP contribution in [0.1, 0.15) is 17.3 Å². The summed E-state index contributed by atoms with van der Waals surface area (Å²) in [7, 11) is 0. The van der Waals surface area contributed by atoms with Gasteiger partial charge in [-0.1, -0.05) is 17.2 Å². The van der Waals surface area contributed by atoms with Crippen molar-refractivity contribution in [2.24, 2.45) is 0 Å². The number of nitrogens with one attached hydrogen (secondary N) is 2. The summed E-state index contributed by atoms with van der Waals surface area (Å²) in [6.07, 6.45) is 2.97. The predicted molar refractivity (Wildman–Crippen MR) is 104 cm³/mol. The highest BCUT2D eigenvalue weighted by atomic mass is 16.6. The Labute approximate surface area is 164 Å². The Hall–Kier alpha value is -4.34. The highest BCUT2D eigenvalue weighted by Crippen LogP contribution is 2.23. The average molecular weight is 393 g/mol. The molecule has 0 bridgehead atoms. The minimum Gasteiger partial charge on any atom is -0.403 e. The Morgan fingerprint density at radius 1 is 1.10 bits per heavy atom. The summed E-state index contributed by atoms with van der Waals surface area (Å²) >= 11 is 0. The Morgan fingerprint density at radius 3 is 2.55 bits per heavy atom. The first-order chi connectivity index (χ1) is 14.0. The summed E-state index contributed by atoms with van der Waals surface area (Å²) in [4.78, 5) is 34.2. The molecule has 10 heteroatoms. The fraction of sp³-hybridized carbons (Fsp3) is 0.0526. The molecule has 29 heavy (non-hydrogen) atoms. The number of carbonyl (C=O) groups excluding carboxylic acids is 2. The average Bonchev–Trinajstić information content (AvgIpc) is 3.17. The number of nitro benzene ring substituents is 1. The minimum absolute atomic E-state index is 0.0665. The summed E-state index contributed by atoms with van der Waals surface area (Å²) in [5, 5.41) is 23.4. The molecule has 0 saturated heterocycles. The Morgan fingerprint density at radius 2 is 1.86 bits per heavy atom. The van der Waals surface area contributed by atoms with E-state index < -0.39 is 10.8 Å². The van der Waals surface area contributed by atoms with Gasteiger partial charge >= 0.3 is 6.01 Å². The third-order valence-corrected chi connectivity index (χ3v) is 3.68. The van der Waals surface area contributed by atoms with Gasteiger partial charge in [-0.05, 0) is 43.3 Å². The smallest absolute Gasteiger partial charge is 0.322 e. The van der Waals surface area contributed by atoms with Crippen molar-refractivity contribution in [3.8, 4) is 11.5 Å². The third-order valence-electron chi connectivity index (χ3n) is 3.68. The quantitative estimate of drug-likeness (QED) is 0.371. The third kappa shape index (κ3) is 4.89. The van der Waals surface area contributed by atoms with Crippen LogP contribution >= 0.6 is 0 Å². The van der Waals surface area contributed by atoms with E-state index in [4.69, 9.17) is 4.42 Å². The largest absolute Gasteiger partial charge is 0.403 e. The molecule has 2 N–H and O–H groups in total. The van der Waals surface area contributed by atoms with Gasteiger partial charge in [0.2, 0.25) is 11.8 Å². The number of allylic oxidation sites excluding steroid dienone is 1. The number of amides is 2. The fourth-order valence-electron chi connectivity index (χ4n) is 2.36. The lowest BCUT2D eigenvalue weighted by Crippen LogP contribution is -2.13. The molecule has 0 fully saturated rings. The maximum atomic E-state index is 12.4. The topological polar surface area (TPSA) is 140 Å². The Kier molecular flexibility index (Phi) is 5.74. The molecule has 146 valence electrons. The van der Waals surface area contributed by atoms with Crippen LogP contribution in [0, 0.1) is 10.1 Å². The van der Waals surface area contributed by atoms with Gasteiger partial charge in [0, 0.05) is 28.9 Å². The molecule has 1 heterocycles. The van der Waals surface area contributed by atoms with Crippen LogP contribution in [0.2, 0.25) is 0 Å². The van der Waals surface area contributed by atoms with E-state index in [1.54, 1.807) is 31.2 Å². The van der Waals surface area contributed by atoms with Crippen LogP contribution in [0.15, 0.2) is 65.1 Å². The van der Waals surface area contributed by atoms with Crippen molar-refractivity contribution in [3.05, 3.63) is 76.4 Å². The molecule has 2 aromatic carbocycles. The summed E-state index contributed by atoms with van der Waals surface area (Å²) < 4.78 is 5.39. The SMILES string of the molecule is C/C=C/C(=O)Nc1cccc(C(=O)Nc2nnc(-c3ccc([N+](=O)[O-])cc3)o2)c1. The van der Waals surface area contributed by atoms with Gasteiger partial charge < -0.3 is 9.73 Å². The first-order valence-electron chi connectivity index (χ1n) is 8.39. The maximum absolute atomic E-state index is 12.4. The van der Waals surface area contributed by atoms with E-state index in [1.165, 1.54) is 36.4 Å². The monoisotopic (exact) mass is 393 g/mol. The van der Waals surface area contributed by atoms with Crippen molar-refractivity contribution in [2.75, 3.05) is 10.6 Å². The molecule has 0 radical (unpaired) electrons. The van der Waals surface area contributed by atoms with Crippen molar-refractivity contribution >= 4 is 29.2 Å². The predicted octanol–water partition coefficient (Wildman–Crippen LogP) is 3.41. The summed E-state index contributed by atoms with van der Waals surface area (Å²) in [6, 6.07) is 11.8. The van der Waals surface area contributed by atoms with Crippen LogP contribution < -0.4 is 10.6 Å². The molecule has 0 atom stereocenters. The van der Waals surface area contributed by atoms with Crippen LogP contribution in [0.3, 0.4) is 0 Å². The molecule has 3 aromatic rings. The van der Waals surface area contributed by atoms with Crippen molar-refractivity contribution < 1.29 is 18.9 Å². The fourth-order valence-corrected chi connectivity index (χ4v) is 2.36. The number of aromatic nitrogens is 2. The number of non-ortho nitro benzene ring substituents is 1. The van der Waals surface area contributed by atoms with E-state index >= 15 is 0 Å². The molecule has 0 aliphatic rings. The van der Waals surface area contributed by atoms with Crippen molar-refractivity contribution in [2.45, 2.75) is 6.92 Å². The summed E-state index contributed by atoms with van der Waals surface area (Å²) in [5.41, 5.74) is 1.14. The number of carbonyl (C=O) groups is 2. The van der Waals surface area contributed by atoms with E-state index in [1.807, 2.05) is 0 Å². The molecule has 0 aliphatic heterocycles. The zero-order valence-corrected chi connectivity index (χ0v) is 15.2. The van der Waals surface area contributed by atoms with E-state index in [0.29, 0.717) is 11.3 Å². The zero-order valence-electron chi connectivity index (χ0n) is 15.2. The van der Waals surface area contributed by atoms with E-state index in [-0.39, 0.29) is 29.1 Å². The van der Waals surface area contributed by atoms with Crippen LogP contribution in [-0.4, -0.2) is 26.9 Å². The lowest BCUT2D eigenvalue weighted by Gasteiger charge is -2.05. The number of anilines is 2. The lowest BCUT2D eigenvalue weighted by atomic mass is 10.2. The molecular formula is C19H15N5O5. The van der Waals surface area contributed by atoms with Crippen molar-refractivity contribution in [1.82, 2.24) is 10.2 Å². The molecule has 0 saturated carbocycles. The molecule has 2 amide bonds. The second-order valence-electron chi connectivity index (χ2n) is 5.74. The molecule has 3 rings (SSSR count). The number of nitrogens with zero attached hydrogens (tertiary/aromatic N) is 3.